The molecule has 24 heavy (non-hydrogen) atoms. The molecule has 0 spiro atoms. The lowest BCUT2D eigenvalue weighted by Crippen LogP contribution is -2.65. The average molecular weight is 350 g/mol. The monoisotopic (exact) mass is 349 g/mol. The van der Waals surface area contributed by atoms with Crippen LogP contribution in [0.25, 0.3) is 0 Å². The third-order valence-corrected chi connectivity index (χ3v) is 7.04. The smallest absolute Gasteiger partial charge is 0.404 e. The Morgan fingerprint density at radius 3 is 2.62 bits per heavy atom. The van der Waals surface area contributed by atoms with E-state index in [1.165, 1.54) is 17.5 Å². The van der Waals surface area contributed by atoms with Gasteiger partial charge in [-0.25, -0.2) is 0 Å². The summed E-state index contributed by atoms with van der Waals surface area (Å²) in [7, 11) is -0.278. The highest BCUT2D eigenvalue weighted by atomic mass is 35.5. The first-order valence-corrected chi connectivity index (χ1v) is 8.95. The second-order valence-electron chi connectivity index (χ2n) is 8.63. The maximum Gasteiger partial charge on any atom is 0.475 e. The second kappa shape index (κ2) is 6.01. The Labute approximate surface area is 152 Å². The fourth-order valence-electron chi connectivity index (χ4n) is 5.27. The average Bonchev–Trinajstić information content (AvgIpc) is 2.86. The van der Waals surface area contributed by atoms with Gasteiger partial charge in [-0.15, -0.1) is 12.4 Å². The predicted molar refractivity (Wildman–Crippen MR) is 100 cm³/mol. The number of hydrogen-bond acceptors (Lipinski definition) is 3. The lowest BCUT2D eigenvalue weighted by atomic mass is 9.43. The van der Waals surface area contributed by atoms with Gasteiger partial charge in [-0.05, 0) is 61.5 Å². The Balaban J connectivity index is 0.00000169. The fraction of sp³-hybridized carbons (Fsp3) is 0.684. The minimum Gasteiger partial charge on any atom is -0.404 e. The summed E-state index contributed by atoms with van der Waals surface area (Å²) in [5.74, 6) is 1.26. The van der Waals surface area contributed by atoms with Crippen molar-refractivity contribution in [2.45, 2.75) is 64.6 Å². The van der Waals surface area contributed by atoms with Crippen molar-refractivity contribution in [3.8, 4) is 0 Å². The van der Waals surface area contributed by atoms with Crippen molar-refractivity contribution in [2.75, 3.05) is 0 Å². The van der Waals surface area contributed by atoms with Crippen LogP contribution in [0.4, 0.5) is 0 Å². The van der Waals surface area contributed by atoms with Gasteiger partial charge in [-0.3, -0.25) is 0 Å². The minimum atomic E-state index is -0.278. The van der Waals surface area contributed by atoms with Crippen molar-refractivity contribution in [1.29, 1.82) is 0 Å². The maximum atomic E-state index is 6.47. The van der Waals surface area contributed by atoms with E-state index in [0.717, 1.165) is 18.8 Å². The van der Waals surface area contributed by atoms with E-state index in [9.17, 15) is 0 Å². The zero-order valence-corrected chi connectivity index (χ0v) is 15.9. The zero-order chi connectivity index (χ0) is 16.4. The third kappa shape index (κ3) is 2.54. The lowest BCUT2D eigenvalue weighted by molar-refractivity contribution is -0.199. The molecule has 1 aromatic rings. The highest BCUT2D eigenvalue weighted by molar-refractivity contribution is 6.47. The molecule has 5 heteroatoms. The van der Waals surface area contributed by atoms with Crippen LogP contribution < -0.4 is 5.73 Å². The Hall–Kier alpha value is -0.545. The molecule has 4 aliphatic rings. The minimum absolute atomic E-state index is 0. The molecule has 132 valence electrons. The van der Waals surface area contributed by atoms with Crippen LogP contribution in [-0.4, -0.2) is 24.8 Å². The van der Waals surface area contributed by atoms with Crippen LogP contribution in [0.3, 0.4) is 0 Å². The topological polar surface area (TPSA) is 44.5 Å². The molecule has 0 aromatic heterocycles. The van der Waals surface area contributed by atoms with Crippen LogP contribution >= 0.6 is 12.4 Å². The molecule has 5 rings (SSSR count). The molecule has 1 aliphatic heterocycles. The summed E-state index contributed by atoms with van der Waals surface area (Å²) in [5.41, 5.74) is 9.26. The van der Waals surface area contributed by atoms with Crippen molar-refractivity contribution in [3.05, 3.63) is 35.4 Å². The first-order valence-electron chi connectivity index (χ1n) is 8.95. The van der Waals surface area contributed by atoms with E-state index >= 15 is 0 Å². The SMILES string of the molecule is Cc1ccccc1C[C@@H](N)B1O[C@@H]2C[C@@H]3C[C@@H](C3(C)C)[C@]2(C)O1.Cl. The molecule has 1 heterocycles. The van der Waals surface area contributed by atoms with Crippen LogP contribution in [0.2, 0.25) is 0 Å². The maximum absolute atomic E-state index is 6.47. The van der Waals surface area contributed by atoms with Gasteiger partial charge in [0, 0.05) is 5.94 Å². The number of halogens is 1. The summed E-state index contributed by atoms with van der Waals surface area (Å²) >= 11 is 0. The van der Waals surface area contributed by atoms with E-state index in [-0.39, 0.29) is 37.2 Å². The first-order chi connectivity index (χ1) is 10.8. The van der Waals surface area contributed by atoms with Crippen LogP contribution in [-0.2, 0) is 15.7 Å². The summed E-state index contributed by atoms with van der Waals surface area (Å²) in [5, 5.41) is 0. The largest absolute Gasteiger partial charge is 0.475 e. The molecule has 2 bridgehead atoms. The van der Waals surface area contributed by atoms with E-state index in [1.807, 2.05) is 0 Å². The van der Waals surface area contributed by atoms with Gasteiger partial charge in [0.2, 0.25) is 0 Å². The highest BCUT2D eigenvalue weighted by Crippen LogP contribution is 2.65. The molecule has 3 nitrogen and oxygen atoms in total. The van der Waals surface area contributed by atoms with E-state index in [4.69, 9.17) is 15.0 Å². The Morgan fingerprint density at radius 1 is 1.25 bits per heavy atom. The molecular formula is C19H29BClNO2. The van der Waals surface area contributed by atoms with Gasteiger partial charge in [-0.2, -0.15) is 0 Å². The molecule has 5 atom stereocenters. The number of hydrogen-bond donors (Lipinski definition) is 1. The third-order valence-electron chi connectivity index (χ3n) is 7.04. The van der Waals surface area contributed by atoms with Crippen LogP contribution in [0.1, 0.15) is 44.7 Å². The van der Waals surface area contributed by atoms with E-state index in [1.54, 1.807) is 0 Å². The highest BCUT2D eigenvalue weighted by Gasteiger charge is 2.68. The summed E-state index contributed by atoms with van der Waals surface area (Å²) in [6.07, 6.45) is 3.42. The Kier molecular flexibility index (Phi) is 4.57. The summed E-state index contributed by atoms with van der Waals surface area (Å²) in [6, 6.07) is 8.43. The van der Waals surface area contributed by atoms with Crippen molar-refractivity contribution < 1.29 is 9.31 Å². The number of aryl methyl sites for hydroxylation is 1. The molecule has 0 unspecified atom stereocenters. The number of nitrogens with two attached hydrogens (primary N) is 1. The van der Waals surface area contributed by atoms with Crippen molar-refractivity contribution in [3.63, 3.8) is 0 Å². The van der Waals surface area contributed by atoms with Crippen LogP contribution in [0, 0.1) is 24.2 Å². The molecule has 0 amide bonds. The van der Waals surface area contributed by atoms with Crippen LogP contribution in [0.5, 0.6) is 0 Å². The molecule has 2 N–H and O–H groups in total. The molecule has 3 saturated carbocycles. The van der Waals surface area contributed by atoms with Gasteiger partial charge in [0.05, 0.1) is 11.7 Å². The van der Waals surface area contributed by atoms with Crippen molar-refractivity contribution in [1.82, 2.24) is 0 Å². The predicted octanol–water partition coefficient (Wildman–Crippen LogP) is 3.55. The van der Waals surface area contributed by atoms with E-state index in [2.05, 4.69) is 52.0 Å². The fourth-order valence-corrected chi connectivity index (χ4v) is 5.27. The summed E-state index contributed by atoms with van der Waals surface area (Å²) < 4.78 is 12.8. The van der Waals surface area contributed by atoms with Gasteiger partial charge in [-0.1, -0.05) is 38.1 Å². The Bertz CT molecular complexity index is 625. The molecule has 1 saturated heterocycles. The zero-order valence-electron chi connectivity index (χ0n) is 15.1. The lowest BCUT2D eigenvalue weighted by Gasteiger charge is -2.64. The van der Waals surface area contributed by atoms with Crippen LogP contribution in [0.15, 0.2) is 24.3 Å². The van der Waals surface area contributed by atoms with Gasteiger partial charge < -0.3 is 15.0 Å². The molecule has 0 radical (unpaired) electrons. The molecule has 4 fully saturated rings. The van der Waals surface area contributed by atoms with Gasteiger partial charge >= 0.3 is 7.12 Å². The first kappa shape index (κ1) is 18.3. The van der Waals surface area contributed by atoms with Crippen molar-refractivity contribution in [2.24, 2.45) is 23.0 Å². The molecular weight excluding hydrogens is 320 g/mol. The normalized spacial score (nSPS) is 37.2. The van der Waals surface area contributed by atoms with Gasteiger partial charge in [0.1, 0.15) is 0 Å². The quantitative estimate of drug-likeness (QED) is 0.849. The number of rotatable bonds is 3. The number of benzene rings is 1. The molecule has 3 aliphatic carbocycles. The van der Waals surface area contributed by atoms with Crippen molar-refractivity contribution >= 4 is 19.5 Å². The summed E-state index contributed by atoms with van der Waals surface area (Å²) in [4.78, 5) is 0. The van der Waals surface area contributed by atoms with E-state index < -0.39 is 0 Å². The van der Waals surface area contributed by atoms with Gasteiger partial charge in [0.25, 0.3) is 0 Å². The van der Waals surface area contributed by atoms with Gasteiger partial charge in [0.15, 0.2) is 0 Å². The second-order valence-corrected chi connectivity index (χ2v) is 8.63. The standard InChI is InChI=1S/C19H28BNO2.ClH/c1-12-7-5-6-8-13(12)9-17(21)20-22-16-11-14-10-15(18(14,2)3)19(16,4)23-20;/h5-8,14-17H,9-11,21H2,1-4H3;1H/t14-,15-,16+,17+,19-;/m0./s1. The van der Waals surface area contributed by atoms with E-state index in [0.29, 0.717) is 11.3 Å². The Morgan fingerprint density at radius 2 is 1.96 bits per heavy atom. The molecule has 1 aromatic carbocycles. The summed E-state index contributed by atoms with van der Waals surface area (Å²) in [6.45, 7) is 9.16.